The lowest BCUT2D eigenvalue weighted by Gasteiger charge is -2.35. The molecule has 0 N–H and O–H groups in total. The number of benzene rings is 1. The van der Waals surface area contributed by atoms with E-state index in [4.69, 9.17) is 19.4 Å². The number of pyridine rings is 2. The number of fused-ring (bicyclic) bond motifs is 2. The summed E-state index contributed by atoms with van der Waals surface area (Å²) in [6, 6.07) is 12.7. The molecule has 0 saturated carbocycles. The molecule has 1 aromatic carbocycles. The van der Waals surface area contributed by atoms with Gasteiger partial charge in [0.2, 0.25) is 0 Å². The topological polar surface area (TPSA) is 68.5 Å². The first kappa shape index (κ1) is 21.6. The largest absolute Gasteiger partial charge is 0.467 e. The minimum Gasteiger partial charge on any atom is -0.467 e. The fourth-order valence-corrected chi connectivity index (χ4v) is 4.53. The lowest BCUT2D eigenvalue weighted by atomic mass is 10.0. The van der Waals surface area contributed by atoms with Crippen LogP contribution in [0.2, 0.25) is 0 Å². The monoisotopic (exact) mass is 446 g/mol. The van der Waals surface area contributed by atoms with Crippen LogP contribution in [0.15, 0.2) is 42.6 Å². The third kappa shape index (κ3) is 4.36. The number of hydrogen-bond acceptors (Lipinski definition) is 7. The van der Waals surface area contributed by atoms with E-state index in [1.54, 1.807) is 11.8 Å². The maximum Gasteiger partial charge on any atom is 0.188 e. The van der Waals surface area contributed by atoms with Crippen molar-refractivity contribution in [2.45, 2.75) is 18.9 Å². The average molecular weight is 447 g/mol. The van der Waals surface area contributed by atoms with Gasteiger partial charge in [-0.1, -0.05) is 0 Å². The molecule has 1 fully saturated rings. The van der Waals surface area contributed by atoms with E-state index < -0.39 is 0 Å². The Balaban J connectivity index is 1.48. The fraction of sp³-hybridized carbons (Fsp3) is 0.400. The molecule has 0 atom stereocenters. The highest BCUT2D eigenvalue weighted by Crippen LogP contribution is 2.34. The second-order valence-corrected chi connectivity index (χ2v) is 8.81. The van der Waals surface area contributed by atoms with Crippen LogP contribution in [0.4, 0.5) is 5.82 Å². The van der Waals surface area contributed by atoms with Crippen LogP contribution in [0.1, 0.15) is 12.8 Å². The minimum atomic E-state index is 0.160. The van der Waals surface area contributed by atoms with Crippen molar-refractivity contribution in [2.75, 3.05) is 46.0 Å². The van der Waals surface area contributed by atoms with Gasteiger partial charge < -0.3 is 19.3 Å². The molecule has 0 bridgehead atoms. The van der Waals surface area contributed by atoms with E-state index in [1.165, 1.54) is 0 Å². The van der Waals surface area contributed by atoms with E-state index in [0.717, 1.165) is 64.9 Å². The number of aromatic nitrogens is 4. The number of nitrogens with zero attached hydrogens (tertiary/aromatic N) is 6. The molecule has 1 aliphatic heterocycles. The van der Waals surface area contributed by atoms with Gasteiger partial charge in [0.15, 0.2) is 6.79 Å². The molecule has 5 rings (SSSR count). The maximum absolute atomic E-state index is 5.86. The van der Waals surface area contributed by atoms with Gasteiger partial charge in [-0.2, -0.15) is 5.10 Å². The second-order valence-electron chi connectivity index (χ2n) is 8.81. The highest BCUT2D eigenvalue weighted by molar-refractivity contribution is 5.89. The lowest BCUT2D eigenvalue weighted by molar-refractivity contribution is 0.0516. The Morgan fingerprint density at radius 1 is 1.00 bits per heavy atom. The Hall–Kier alpha value is -3.23. The Morgan fingerprint density at radius 3 is 2.55 bits per heavy atom. The zero-order valence-electron chi connectivity index (χ0n) is 19.7. The maximum atomic E-state index is 5.86. The molecule has 4 heterocycles. The fourth-order valence-electron chi connectivity index (χ4n) is 4.53. The van der Waals surface area contributed by atoms with Crippen LogP contribution in [-0.4, -0.2) is 71.8 Å². The van der Waals surface area contributed by atoms with Gasteiger partial charge in [0.25, 0.3) is 0 Å². The van der Waals surface area contributed by atoms with Gasteiger partial charge in [0.05, 0.1) is 22.2 Å². The smallest absolute Gasteiger partial charge is 0.188 e. The highest BCUT2D eigenvalue weighted by Gasteiger charge is 2.22. The van der Waals surface area contributed by atoms with Crippen molar-refractivity contribution in [3.63, 3.8) is 0 Å². The standard InChI is InChI=1S/C25H30N6O2/c1-29-11-9-18(10-12-29)31(3)25-8-7-21-22(27-25)6-5-20(26-21)19-13-17-15-30(2)28-23(17)14-24(19)33-16-32-4/h5-8,13-15,18H,9-12,16H2,1-4H3. The van der Waals surface area contributed by atoms with Gasteiger partial charge >= 0.3 is 0 Å². The SMILES string of the molecule is COCOc1cc2nn(C)cc2cc1-c1ccc2nc(N(C)C3CCN(C)CC3)ccc2n1. The summed E-state index contributed by atoms with van der Waals surface area (Å²) in [7, 11) is 7.86. The van der Waals surface area contributed by atoms with Crippen molar-refractivity contribution in [2.24, 2.45) is 7.05 Å². The van der Waals surface area contributed by atoms with Gasteiger partial charge in [-0.15, -0.1) is 0 Å². The molecule has 0 aliphatic carbocycles. The zero-order valence-corrected chi connectivity index (χ0v) is 19.7. The van der Waals surface area contributed by atoms with Crippen LogP contribution in [0.5, 0.6) is 5.75 Å². The summed E-state index contributed by atoms with van der Waals surface area (Å²) in [6.45, 7) is 2.41. The van der Waals surface area contributed by atoms with Crippen molar-refractivity contribution >= 4 is 27.8 Å². The molecule has 8 heteroatoms. The van der Waals surface area contributed by atoms with Gasteiger partial charge in [-0.3, -0.25) is 4.68 Å². The van der Waals surface area contributed by atoms with Crippen LogP contribution in [0.25, 0.3) is 33.2 Å². The van der Waals surface area contributed by atoms with E-state index in [0.29, 0.717) is 11.8 Å². The van der Waals surface area contributed by atoms with E-state index in [1.807, 2.05) is 31.4 Å². The molecule has 0 spiro atoms. The van der Waals surface area contributed by atoms with Crippen molar-refractivity contribution < 1.29 is 9.47 Å². The number of ether oxygens (including phenoxy) is 2. The normalized spacial score (nSPS) is 15.4. The minimum absolute atomic E-state index is 0.160. The summed E-state index contributed by atoms with van der Waals surface area (Å²) < 4.78 is 12.8. The van der Waals surface area contributed by atoms with E-state index >= 15 is 0 Å². The number of aryl methyl sites for hydroxylation is 1. The third-order valence-electron chi connectivity index (χ3n) is 6.45. The number of rotatable bonds is 6. The molecule has 1 saturated heterocycles. The highest BCUT2D eigenvalue weighted by atomic mass is 16.7. The number of hydrogen-bond donors (Lipinski definition) is 0. The first-order valence-corrected chi connectivity index (χ1v) is 11.3. The van der Waals surface area contributed by atoms with Crippen molar-refractivity contribution in [1.82, 2.24) is 24.6 Å². The molecular weight excluding hydrogens is 416 g/mol. The zero-order chi connectivity index (χ0) is 22.9. The van der Waals surface area contributed by atoms with Gasteiger partial charge in [-0.25, -0.2) is 9.97 Å². The lowest BCUT2D eigenvalue weighted by Crippen LogP contribution is -2.42. The number of piperidine rings is 1. The van der Waals surface area contributed by atoms with Gasteiger partial charge in [0, 0.05) is 50.5 Å². The van der Waals surface area contributed by atoms with Gasteiger partial charge in [-0.05, 0) is 63.3 Å². The van der Waals surface area contributed by atoms with Crippen molar-refractivity contribution in [3.05, 3.63) is 42.6 Å². The molecule has 0 radical (unpaired) electrons. The first-order valence-electron chi connectivity index (χ1n) is 11.3. The Kier molecular flexibility index (Phi) is 5.86. The summed E-state index contributed by atoms with van der Waals surface area (Å²) in [6.07, 6.45) is 4.31. The van der Waals surface area contributed by atoms with Crippen LogP contribution in [0, 0.1) is 0 Å². The van der Waals surface area contributed by atoms with Crippen LogP contribution in [0.3, 0.4) is 0 Å². The number of likely N-dealkylation sites (tertiary alicyclic amines) is 1. The molecule has 172 valence electrons. The van der Waals surface area contributed by atoms with Crippen LogP contribution >= 0.6 is 0 Å². The number of methoxy groups -OCH3 is 1. The number of anilines is 1. The summed E-state index contributed by atoms with van der Waals surface area (Å²) in [5, 5.41) is 5.53. The average Bonchev–Trinajstić information content (AvgIpc) is 3.20. The Labute approximate surface area is 193 Å². The summed E-state index contributed by atoms with van der Waals surface area (Å²) in [4.78, 5) is 14.5. The Bertz CT molecular complexity index is 1280. The summed E-state index contributed by atoms with van der Waals surface area (Å²) >= 11 is 0. The second kappa shape index (κ2) is 8.96. The predicted octanol–water partition coefficient (Wildman–Crippen LogP) is 3.70. The molecule has 0 amide bonds. The van der Waals surface area contributed by atoms with Crippen LogP contribution < -0.4 is 9.64 Å². The Morgan fingerprint density at radius 2 is 1.76 bits per heavy atom. The molecule has 33 heavy (non-hydrogen) atoms. The molecule has 4 aromatic rings. The molecule has 1 aliphatic rings. The first-order chi connectivity index (χ1) is 16.0. The van der Waals surface area contributed by atoms with Gasteiger partial charge in [0.1, 0.15) is 11.6 Å². The quantitative estimate of drug-likeness (QED) is 0.418. The molecule has 0 unspecified atom stereocenters. The van der Waals surface area contributed by atoms with E-state index in [-0.39, 0.29) is 6.79 Å². The summed E-state index contributed by atoms with van der Waals surface area (Å²) in [5.74, 6) is 1.69. The molecule has 8 nitrogen and oxygen atoms in total. The summed E-state index contributed by atoms with van der Waals surface area (Å²) in [5.41, 5.74) is 4.35. The van der Waals surface area contributed by atoms with E-state index in [9.17, 15) is 0 Å². The van der Waals surface area contributed by atoms with Crippen molar-refractivity contribution in [1.29, 1.82) is 0 Å². The predicted molar refractivity (Wildman–Crippen MR) is 131 cm³/mol. The molecule has 3 aromatic heterocycles. The van der Waals surface area contributed by atoms with Crippen LogP contribution in [-0.2, 0) is 11.8 Å². The van der Waals surface area contributed by atoms with E-state index in [2.05, 4.69) is 47.2 Å². The third-order valence-corrected chi connectivity index (χ3v) is 6.45. The van der Waals surface area contributed by atoms with Crippen molar-refractivity contribution in [3.8, 4) is 17.0 Å². The molecular formula is C25H30N6O2.